The number of allylic oxidation sites excluding steroid dienone is 1. The summed E-state index contributed by atoms with van der Waals surface area (Å²) in [7, 11) is 0. The maximum absolute atomic E-state index is 3.37. The van der Waals surface area contributed by atoms with Crippen molar-refractivity contribution in [3.05, 3.63) is 17.4 Å². The quantitative estimate of drug-likeness (QED) is 0.431. The zero-order valence-electron chi connectivity index (χ0n) is 5.69. The van der Waals surface area contributed by atoms with Gasteiger partial charge in [0.2, 0.25) is 0 Å². The van der Waals surface area contributed by atoms with E-state index in [1.54, 1.807) is 5.57 Å². The molecule has 0 heteroatoms. The monoisotopic (exact) mass is 120 g/mol. The highest BCUT2D eigenvalue weighted by atomic mass is 14.2. The van der Waals surface area contributed by atoms with Crippen LogP contribution in [-0.2, 0) is 0 Å². The second-order valence-corrected chi connectivity index (χ2v) is 3.11. The summed E-state index contributed by atoms with van der Waals surface area (Å²) in [4.78, 5) is 0. The molecule has 2 bridgehead atoms. The average molecular weight is 120 g/mol. The van der Waals surface area contributed by atoms with Gasteiger partial charge in [0, 0.05) is 0 Å². The minimum atomic E-state index is 0.885. The summed E-state index contributed by atoms with van der Waals surface area (Å²) in [6.07, 6.45) is 9.17. The number of hydrogen-bond donors (Lipinski definition) is 0. The second kappa shape index (κ2) is 2.04. The highest BCUT2D eigenvalue weighted by Crippen LogP contribution is 2.30. The van der Waals surface area contributed by atoms with Gasteiger partial charge in [-0.1, -0.05) is 0 Å². The van der Waals surface area contributed by atoms with Gasteiger partial charge in [0.05, 0.1) is 0 Å². The fraction of sp³-hybridized carbons (Fsp3) is 0.667. The van der Waals surface area contributed by atoms with Gasteiger partial charge >= 0.3 is 0 Å². The lowest BCUT2D eigenvalue weighted by Crippen LogP contribution is -1.94. The fourth-order valence-corrected chi connectivity index (χ4v) is 1.75. The lowest BCUT2D eigenvalue weighted by molar-refractivity contribution is 0.559. The van der Waals surface area contributed by atoms with E-state index in [1.807, 2.05) is 0 Å². The Hall–Kier alpha value is -0.480. The third-order valence-electron chi connectivity index (χ3n) is 2.39. The van der Waals surface area contributed by atoms with Crippen LogP contribution in [0.2, 0.25) is 0 Å². The minimum Gasteiger partial charge on any atom is -0.126 e. The topological polar surface area (TPSA) is 0 Å². The summed E-state index contributed by atoms with van der Waals surface area (Å²) in [6, 6.07) is 0. The molecule has 0 nitrogen and oxygen atoms in total. The smallest absolute Gasteiger partial charge is 0.0154 e. The first-order chi connectivity index (χ1) is 4.45. The van der Waals surface area contributed by atoms with Crippen LogP contribution in [0.25, 0.3) is 0 Å². The van der Waals surface area contributed by atoms with Crippen molar-refractivity contribution >= 4 is 0 Å². The Morgan fingerprint density at radius 1 is 1.33 bits per heavy atom. The summed E-state index contributed by atoms with van der Waals surface area (Å²) in [6.45, 7) is 0. The predicted molar refractivity (Wildman–Crippen MR) is 38.2 cm³/mol. The average Bonchev–Trinajstić information content (AvgIpc) is 2.21. The molecule has 0 saturated heterocycles. The molecule has 9 heavy (non-hydrogen) atoms. The van der Waals surface area contributed by atoms with E-state index in [-0.39, 0.29) is 0 Å². The van der Waals surface area contributed by atoms with E-state index >= 15 is 0 Å². The fourth-order valence-electron chi connectivity index (χ4n) is 1.75. The van der Waals surface area contributed by atoms with Crippen LogP contribution >= 0.6 is 0 Å². The first kappa shape index (κ1) is 5.32. The van der Waals surface area contributed by atoms with Crippen molar-refractivity contribution in [2.45, 2.75) is 32.1 Å². The van der Waals surface area contributed by atoms with Crippen molar-refractivity contribution in [2.75, 3.05) is 0 Å². The van der Waals surface area contributed by atoms with Gasteiger partial charge in [0.25, 0.3) is 0 Å². The molecule has 0 amide bonds. The van der Waals surface area contributed by atoms with Gasteiger partial charge in [0.15, 0.2) is 0 Å². The summed E-state index contributed by atoms with van der Waals surface area (Å²) >= 11 is 0. The third kappa shape index (κ3) is 0.951. The molecule has 1 unspecified atom stereocenters. The first-order valence-corrected chi connectivity index (χ1v) is 3.90. The Bertz CT molecular complexity index is 164. The molecule has 3 aliphatic carbocycles. The van der Waals surface area contributed by atoms with Gasteiger partial charge in [-0.05, 0) is 49.7 Å². The van der Waals surface area contributed by atoms with E-state index in [4.69, 9.17) is 0 Å². The number of fused-ring (bicyclic) bond motifs is 3. The molecule has 1 atom stereocenters. The van der Waals surface area contributed by atoms with Crippen LogP contribution < -0.4 is 0 Å². The molecule has 0 N–H and O–H groups in total. The molecule has 0 spiro atoms. The van der Waals surface area contributed by atoms with Gasteiger partial charge in [-0.2, -0.15) is 0 Å². The Morgan fingerprint density at radius 2 is 2.33 bits per heavy atom. The Balaban J connectivity index is 2.29. The van der Waals surface area contributed by atoms with Gasteiger partial charge in [-0.15, -0.1) is 5.73 Å². The van der Waals surface area contributed by atoms with E-state index in [9.17, 15) is 0 Å². The largest absolute Gasteiger partial charge is 0.126 e. The summed E-state index contributed by atoms with van der Waals surface area (Å²) in [5.74, 6) is 0.885. The van der Waals surface area contributed by atoms with E-state index in [1.165, 1.54) is 32.1 Å². The summed E-state index contributed by atoms with van der Waals surface area (Å²) in [5.41, 5.74) is 4.95. The molecule has 48 valence electrons. The number of rotatable bonds is 0. The van der Waals surface area contributed by atoms with Crippen molar-refractivity contribution in [1.82, 2.24) is 0 Å². The van der Waals surface area contributed by atoms with Gasteiger partial charge in [-0.3, -0.25) is 0 Å². The summed E-state index contributed by atoms with van der Waals surface area (Å²) in [5, 5.41) is 0. The van der Waals surface area contributed by atoms with Crippen LogP contribution in [0.5, 0.6) is 0 Å². The second-order valence-electron chi connectivity index (χ2n) is 3.11. The lowest BCUT2D eigenvalue weighted by atomic mass is 9.97. The standard InChI is InChI=1S/C9H12/c1-2-8-4-6-9(3-1)7-5-8/h4,8H,1-3,5,7H2. The lowest BCUT2D eigenvalue weighted by Gasteiger charge is -2.08. The first-order valence-electron chi connectivity index (χ1n) is 3.90. The zero-order valence-corrected chi connectivity index (χ0v) is 5.69. The molecular formula is C9H12. The van der Waals surface area contributed by atoms with E-state index < -0.39 is 0 Å². The van der Waals surface area contributed by atoms with Crippen molar-refractivity contribution in [3.8, 4) is 0 Å². The molecule has 3 rings (SSSR count). The number of hydrogen-bond acceptors (Lipinski definition) is 0. The molecule has 1 fully saturated rings. The van der Waals surface area contributed by atoms with E-state index in [0.29, 0.717) is 0 Å². The van der Waals surface area contributed by atoms with Crippen molar-refractivity contribution in [3.63, 3.8) is 0 Å². The maximum atomic E-state index is 3.37. The van der Waals surface area contributed by atoms with Gasteiger partial charge in [0.1, 0.15) is 0 Å². The molecule has 0 radical (unpaired) electrons. The molecule has 0 aromatic carbocycles. The predicted octanol–water partition coefficient (Wildman–Crippen LogP) is 2.66. The van der Waals surface area contributed by atoms with Gasteiger partial charge < -0.3 is 0 Å². The van der Waals surface area contributed by atoms with E-state index in [0.717, 1.165) is 5.92 Å². The van der Waals surface area contributed by atoms with Crippen LogP contribution in [0.4, 0.5) is 0 Å². The molecule has 3 aliphatic rings. The van der Waals surface area contributed by atoms with Crippen molar-refractivity contribution < 1.29 is 0 Å². The van der Waals surface area contributed by atoms with Crippen LogP contribution in [-0.4, -0.2) is 0 Å². The van der Waals surface area contributed by atoms with Crippen LogP contribution in [0.15, 0.2) is 17.4 Å². The molecule has 0 aromatic heterocycles. The Morgan fingerprint density at radius 3 is 3.11 bits per heavy atom. The SMILES string of the molecule is C1=CC2CCCC=1CC2. The minimum absolute atomic E-state index is 0.885. The van der Waals surface area contributed by atoms with Crippen LogP contribution in [0, 0.1) is 5.92 Å². The van der Waals surface area contributed by atoms with Crippen molar-refractivity contribution in [2.24, 2.45) is 5.92 Å². The molecular weight excluding hydrogens is 108 g/mol. The van der Waals surface area contributed by atoms with E-state index in [2.05, 4.69) is 11.8 Å². The molecule has 0 heterocycles. The molecule has 0 aromatic rings. The Labute approximate surface area is 56.3 Å². The highest BCUT2D eigenvalue weighted by molar-refractivity contribution is 5.10. The van der Waals surface area contributed by atoms with Crippen molar-refractivity contribution in [1.29, 1.82) is 0 Å². The highest BCUT2D eigenvalue weighted by Gasteiger charge is 2.14. The normalized spacial score (nSPS) is 32.0. The molecule has 1 saturated carbocycles. The summed E-state index contributed by atoms with van der Waals surface area (Å²) < 4.78 is 0. The molecule has 0 aliphatic heterocycles. The Kier molecular flexibility index (Phi) is 1.20. The van der Waals surface area contributed by atoms with Crippen LogP contribution in [0.3, 0.4) is 0 Å². The third-order valence-corrected chi connectivity index (χ3v) is 2.39. The van der Waals surface area contributed by atoms with Crippen LogP contribution in [0.1, 0.15) is 32.1 Å². The zero-order chi connectivity index (χ0) is 6.10. The van der Waals surface area contributed by atoms with Gasteiger partial charge in [-0.25, -0.2) is 0 Å². The maximum Gasteiger partial charge on any atom is -0.0154 e.